The number of hydrogen-bond acceptors (Lipinski definition) is 3. The summed E-state index contributed by atoms with van der Waals surface area (Å²) in [7, 11) is 0. The Balaban J connectivity index is 2.80. The molecule has 0 aliphatic heterocycles. The van der Waals surface area contributed by atoms with Gasteiger partial charge in [0.15, 0.2) is 0 Å². The van der Waals surface area contributed by atoms with Crippen LogP contribution in [0.1, 0.15) is 24.2 Å². The highest BCUT2D eigenvalue weighted by molar-refractivity contribution is 9.09. The highest BCUT2D eigenvalue weighted by Gasteiger charge is 2.12. The Kier molecular flexibility index (Phi) is 4.03. The standard InChI is InChI=1S/C11H11BrO3/c1-7(13)11(12)9-3-5-10(6-4-9)15-8(2)14/h3-6,11H,1-2H3. The fourth-order valence-corrected chi connectivity index (χ4v) is 1.41. The third-order valence-corrected chi connectivity index (χ3v) is 2.96. The van der Waals surface area contributed by atoms with Crippen LogP contribution in [0.2, 0.25) is 0 Å². The van der Waals surface area contributed by atoms with Crippen LogP contribution in [0, 0.1) is 0 Å². The summed E-state index contributed by atoms with van der Waals surface area (Å²) in [5.41, 5.74) is 0.846. The van der Waals surface area contributed by atoms with E-state index in [1.54, 1.807) is 24.3 Å². The van der Waals surface area contributed by atoms with Gasteiger partial charge in [-0.05, 0) is 24.6 Å². The van der Waals surface area contributed by atoms with E-state index in [0.29, 0.717) is 5.75 Å². The lowest BCUT2D eigenvalue weighted by atomic mass is 10.1. The number of ketones is 1. The zero-order chi connectivity index (χ0) is 11.4. The van der Waals surface area contributed by atoms with Crippen molar-refractivity contribution in [2.75, 3.05) is 0 Å². The van der Waals surface area contributed by atoms with Gasteiger partial charge in [0.25, 0.3) is 0 Å². The summed E-state index contributed by atoms with van der Waals surface area (Å²) in [5.74, 6) is 0.162. The average Bonchev–Trinajstić information content (AvgIpc) is 2.17. The number of carbonyl (C=O) groups excluding carboxylic acids is 2. The van der Waals surface area contributed by atoms with Crippen LogP contribution in [-0.4, -0.2) is 11.8 Å². The predicted octanol–water partition coefficient (Wildman–Crippen LogP) is 2.64. The van der Waals surface area contributed by atoms with Gasteiger partial charge in [0.1, 0.15) is 11.5 Å². The number of esters is 1. The van der Waals surface area contributed by atoms with E-state index in [1.807, 2.05) is 0 Å². The molecule has 0 heterocycles. The van der Waals surface area contributed by atoms with Gasteiger partial charge in [-0.15, -0.1) is 0 Å². The molecule has 0 aliphatic rings. The number of rotatable bonds is 3. The Morgan fingerprint density at radius 1 is 1.20 bits per heavy atom. The predicted molar refractivity (Wildman–Crippen MR) is 60.1 cm³/mol. The topological polar surface area (TPSA) is 43.4 Å². The highest BCUT2D eigenvalue weighted by Crippen LogP contribution is 2.25. The second-order valence-electron chi connectivity index (χ2n) is 3.14. The van der Waals surface area contributed by atoms with Crippen LogP contribution < -0.4 is 4.74 Å². The van der Waals surface area contributed by atoms with E-state index >= 15 is 0 Å². The van der Waals surface area contributed by atoms with Crippen LogP contribution in [0.4, 0.5) is 0 Å². The van der Waals surface area contributed by atoms with E-state index in [4.69, 9.17) is 4.74 Å². The fourth-order valence-electron chi connectivity index (χ4n) is 1.11. The van der Waals surface area contributed by atoms with Crippen molar-refractivity contribution < 1.29 is 14.3 Å². The smallest absolute Gasteiger partial charge is 0.308 e. The van der Waals surface area contributed by atoms with Crippen molar-refractivity contribution in [2.24, 2.45) is 0 Å². The molecule has 0 N–H and O–H groups in total. The SMILES string of the molecule is CC(=O)Oc1ccc(C(Br)C(C)=O)cc1. The highest BCUT2D eigenvalue weighted by atomic mass is 79.9. The molecule has 4 heteroatoms. The van der Waals surface area contributed by atoms with Gasteiger partial charge in [-0.25, -0.2) is 0 Å². The lowest BCUT2D eigenvalue weighted by Gasteiger charge is -2.07. The summed E-state index contributed by atoms with van der Waals surface area (Å²) in [6.07, 6.45) is 0. The first-order valence-electron chi connectivity index (χ1n) is 4.43. The Hall–Kier alpha value is -1.16. The molecule has 0 saturated carbocycles. The maximum absolute atomic E-state index is 11.1. The van der Waals surface area contributed by atoms with Gasteiger partial charge in [0.05, 0.1) is 4.83 Å². The van der Waals surface area contributed by atoms with Crippen LogP contribution in [0.25, 0.3) is 0 Å². The van der Waals surface area contributed by atoms with E-state index < -0.39 is 0 Å². The van der Waals surface area contributed by atoms with Crippen LogP contribution in [0.3, 0.4) is 0 Å². The Morgan fingerprint density at radius 3 is 2.13 bits per heavy atom. The van der Waals surface area contributed by atoms with E-state index in [9.17, 15) is 9.59 Å². The first-order chi connectivity index (χ1) is 7.00. The number of ether oxygens (including phenoxy) is 1. The van der Waals surface area contributed by atoms with Gasteiger partial charge in [-0.3, -0.25) is 9.59 Å². The molecule has 1 atom stereocenters. The van der Waals surface area contributed by atoms with Crippen LogP contribution in [0.15, 0.2) is 24.3 Å². The second kappa shape index (κ2) is 5.07. The minimum absolute atomic E-state index is 0.0373. The minimum Gasteiger partial charge on any atom is -0.427 e. The van der Waals surface area contributed by atoms with Crippen LogP contribution >= 0.6 is 15.9 Å². The third-order valence-electron chi connectivity index (χ3n) is 1.79. The summed E-state index contributed by atoms with van der Waals surface area (Å²) in [4.78, 5) is 21.4. The molecule has 3 nitrogen and oxygen atoms in total. The van der Waals surface area contributed by atoms with E-state index in [0.717, 1.165) is 5.56 Å². The molecule has 0 spiro atoms. The number of hydrogen-bond donors (Lipinski definition) is 0. The molecule has 1 rings (SSSR count). The summed E-state index contributed by atoms with van der Waals surface area (Å²) < 4.78 is 4.87. The first-order valence-corrected chi connectivity index (χ1v) is 5.35. The largest absolute Gasteiger partial charge is 0.427 e. The van der Waals surface area contributed by atoms with Crippen molar-refractivity contribution in [3.63, 3.8) is 0 Å². The molecule has 80 valence electrons. The van der Waals surface area contributed by atoms with Crippen molar-refractivity contribution in [2.45, 2.75) is 18.7 Å². The van der Waals surface area contributed by atoms with Crippen LogP contribution in [0.5, 0.6) is 5.75 Å². The second-order valence-corrected chi connectivity index (χ2v) is 4.05. The maximum atomic E-state index is 11.1. The van der Waals surface area contributed by atoms with E-state index in [1.165, 1.54) is 13.8 Å². The zero-order valence-electron chi connectivity index (χ0n) is 8.49. The monoisotopic (exact) mass is 270 g/mol. The lowest BCUT2D eigenvalue weighted by molar-refractivity contribution is -0.131. The minimum atomic E-state index is -0.357. The van der Waals surface area contributed by atoms with Crippen molar-refractivity contribution >= 4 is 27.7 Å². The molecule has 0 radical (unpaired) electrons. The van der Waals surface area contributed by atoms with E-state index in [-0.39, 0.29) is 16.6 Å². The van der Waals surface area contributed by atoms with E-state index in [2.05, 4.69) is 15.9 Å². The lowest BCUT2D eigenvalue weighted by Crippen LogP contribution is -2.03. The normalized spacial score (nSPS) is 11.9. The van der Waals surface area contributed by atoms with Gasteiger partial charge in [0.2, 0.25) is 0 Å². The fraction of sp³-hybridized carbons (Fsp3) is 0.273. The third kappa shape index (κ3) is 3.47. The van der Waals surface area contributed by atoms with Gasteiger partial charge in [-0.1, -0.05) is 28.1 Å². The first kappa shape index (κ1) is 11.9. The maximum Gasteiger partial charge on any atom is 0.308 e. The Bertz CT molecular complexity index is 370. The van der Waals surface area contributed by atoms with Crippen molar-refractivity contribution in [1.29, 1.82) is 0 Å². The molecule has 0 bridgehead atoms. The molecule has 1 unspecified atom stereocenters. The summed E-state index contributed by atoms with van der Waals surface area (Å²) in [5, 5.41) is 0. The molecular weight excluding hydrogens is 260 g/mol. The molecule has 0 aromatic heterocycles. The molecule has 0 fully saturated rings. The average molecular weight is 271 g/mol. The summed E-state index contributed by atoms with van der Waals surface area (Å²) >= 11 is 3.27. The molecular formula is C11H11BrO3. The number of benzene rings is 1. The molecule has 15 heavy (non-hydrogen) atoms. The molecule has 1 aromatic carbocycles. The van der Waals surface area contributed by atoms with Crippen molar-refractivity contribution in [3.8, 4) is 5.75 Å². The molecule has 0 amide bonds. The quantitative estimate of drug-likeness (QED) is 0.482. The number of alkyl halides is 1. The molecule has 0 saturated heterocycles. The number of halogens is 1. The molecule has 0 aliphatic carbocycles. The Labute approximate surface area is 96.6 Å². The van der Waals surface area contributed by atoms with Crippen molar-refractivity contribution in [1.82, 2.24) is 0 Å². The van der Waals surface area contributed by atoms with Crippen molar-refractivity contribution in [3.05, 3.63) is 29.8 Å². The van der Waals surface area contributed by atoms with Crippen LogP contribution in [-0.2, 0) is 9.59 Å². The number of Topliss-reactive ketones (excluding diaryl/α,β-unsaturated/α-hetero) is 1. The van der Waals surface area contributed by atoms with Gasteiger partial charge in [-0.2, -0.15) is 0 Å². The summed E-state index contributed by atoms with van der Waals surface area (Å²) in [6, 6.07) is 6.82. The summed E-state index contributed by atoms with van der Waals surface area (Å²) in [6.45, 7) is 2.86. The van der Waals surface area contributed by atoms with Gasteiger partial charge < -0.3 is 4.74 Å². The van der Waals surface area contributed by atoms with Gasteiger partial charge >= 0.3 is 5.97 Å². The molecule has 1 aromatic rings. The van der Waals surface area contributed by atoms with Gasteiger partial charge in [0, 0.05) is 6.92 Å². The Morgan fingerprint density at radius 2 is 1.73 bits per heavy atom. The number of carbonyl (C=O) groups is 2. The zero-order valence-corrected chi connectivity index (χ0v) is 10.1.